The first kappa shape index (κ1) is 17.6. The molecule has 2 aromatic carbocycles. The number of pyridine rings is 1. The number of tetrazole rings is 1. The average molecular weight is 366 g/mol. The highest BCUT2D eigenvalue weighted by molar-refractivity contribution is 5.85. The lowest BCUT2D eigenvalue weighted by atomic mass is 10.2. The number of nitrogens with zero attached hydrogens (tertiary/aromatic N) is 4. The number of para-hydroxylation sites is 1. The Kier molecular flexibility index (Phi) is 5.56. The molecule has 0 aliphatic rings. The van der Waals surface area contributed by atoms with Crippen molar-refractivity contribution in [1.29, 1.82) is 0 Å². The number of nitrogens with one attached hydrogen (secondary N) is 1. The smallest absolute Gasteiger partial charge is 0.197 e. The van der Waals surface area contributed by atoms with E-state index in [9.17, 15) is 0 Å². The number of halogens is 1. The number of H-pyrrole nitrogens is 1. The summed E-state index contributed by atoms with van der Waals surface area (Å²) in [4.78, 5) is 4.62. The lowest BCUT2D eigenvalue weighted by Crippen LogP contribution is -1.98. The van der Waals surface area contributed by atoms with Crippen LogP contribution in [0.3, 0.4) is 0 Å². The number of fused-ring (bicyclic) bond motifs is 1. The van der Waals surface area contributed by atoms with Gasteiger partial charge >= 0.3 is 0 Å². The fourth-order valence-corrected chi connectivity index (χ4v) is 2.46. The van der Waals surface area contributed by atoms with Gasteiger partial charge in [-0.05, 0) is 41.1 Å². The molecule has 2 heterocycles. The highest BCUT2D eigenvalue weighted by atomic mass is 35.5. The van der Waals surface area contributed by atoms with E-state index in [1.165, 1.54) is 0 Å². The summed E-state index contributed by atoms with van der Waals surface area (Å²) < 4.78 is 5.87. The van der Waals surface area contributed by atoms with Crippen LogP contribution in [0.5, 0.6) is 5.75 Å². The van der Waals surface area contributed by atoms with E-state index in [0.29, 0.717) is 12.4 Å². The SMILES string of the molecule is C(=C/c1nn[nH]n1)/c1cccc(OCc2ccc3ccccc3n2)c1.Cl. The van der Waals surface area contributed by atoms with Crippen LogP contribution in [-0.4, -0.2) is 25.6 Å². The summed E-state index contributed by atoms with van der Waals surface area (Å²) in [5.74, 6) is 1.32. The standard InChI is InChI=1S/C19H15N5O.ClH/c1-2-7-18-15(5-1)9-10-16(20-18)13-25-17-6-3-4-14(12-17)8-11-19-21-23-24-22-19;/h1-12H,13H2,(H,21,22,23,24);1H/b11-8-;. The molecule has 4 aromatic rings. The minimum atomic E-state index is 0. The van der Waals surface area contributed by atoms with Gasteiger partial charge in [-0.2, -0.15) is 5.21 Å². The number of hydrogen-bond acceptors (Lipinski definition) is 5. The number of benzene rings is 2. The Balaban J connectivity index is 0.00000196. The zero-order chi connectivity index (χ0) is 16.9. The van der Waals surface area contributed by atoms with Crippen molar-refractivity contribution in [1.82, 2.24) is 25.6 Å². The van der Waals surface area contributed by atoms with E-state index in [0.717, 1.165) is 27.9 Å². The van der Waals surface area contributed by atoms with Gasteiger partial charge in [0.25, 0.3) is 0 Å². The molecular formula is C19H16ClN5O. The Bertz CT molecular complexity index is 1020. The van der Waals surface area contributed by atoms with Crippen LogP contribution in [0.4, 0.5) is 0 Å². The van der Waals surface area contributed by atoms with E-state index in [-0.39, 0.29) is 12.4 Å². The number of ether oxygens (including phenoxy) is 1. The number of rotatable bonds is 5. The van der Waals surface area contributed by atoms with E-state index in [2.05, 4.69) is 31.7 Å². The highest BCUT2D eigenvalue weighted by Crippen LogP contribution is 2.17. The second-order valence-electron chi connectivity index (χ2n) is 5.46. The van der Waals surface area contributed by atoms with E-state index in [4.69, 9.17) is 4.74 Å². The van der Waals surface area contributed by atoms with Gasteiger partial charge in [0.1, 0.15) is 12.4 Å². The third-order valence-electron chi connectivity index (χ3n) is 3.69. The molecule has 0 atom stereocenters. The van der Waals surface area contributed by atoms with Gasteiger partial charge in [0.15, 0.2) is 5.82 Å². The van der Waals surface area contributed by atoms with Crippen LogP contribution in [0, 0.1) is 0 Å². The van der Waals surface area contributed by atoms with Crippen LogP contribution in [0.2, 0.25) is 0 Å². The molecule has 0 fully saturated rings. The molecular weight excluding hydrogens is 350 g/mol. The molecule has 0 spiro atoms. The third-order valence-corrected chi connectivity index (χ3v) is 3.69. The second kappa shape index (κ2) is 8.22. The zero-order valence-corrected chi connectivity index (χ0v) is 14.6. The molecule has 0 amide bonds. The van der Waals surface area contributed by atoms with Crippen molar-refractivity contribution < 1.29 is 4.74 Å². The van der Waals surface area contributed by atoms with Gasteiger partial charge in [-0.15, -0.1) is 22.6 Å². The molecule has 130 valence electrons. The summed E-state index contributed by atoms with van der Waals surface area (Å²) in [5, 5.41) is 14.8. The van der Waals surface area contributed by atoms with Crippen molar-refractivity contribution >= 4 is 35.5 Å². The van der Waals surface area contributed by atoms with Crippen LogP contribution in [-0.2, 0) is 6.61 Å². The molecule has 26 heavy (non-hydrogen) atoms. The minimum absolute atomic E-state index is 0. The van der Waals surface area contributed by atoms with Gasteiger partial charge in [-0.1, -0.05) is 42.5 Å². The lowest BCUT2D eigenvalue weighted by Gasteiger charge is -2.07. The molecule has 4 rings (SSSR count). The second-order valence-corrected chi connectivity index (χ2v) is 5.46. The quantitative estimate of drug-likeness (QED) is 0.580. The zero-order valence-electron chi connectivity index (χ0n) is 13.7. The third kappa shape index (κ3) is 4.23. The van der Waals surface area contributed by atoms with E-state index in [1.807, 2.05) is 60.7 Å². The van der Waals surface area contributed by atoms with Gasteiger partial charge in [-0.25, -0.2) is 4.98 Å². The topological polar surface area (TPSA) is 76.6 Å². The molecule has 0 unspecified atom stereocenters. The molecule has 7 heteroatoms. The molecule has 0 saturated carbocycles. The van der Waals surface area contributed by atoms with Crippen molar-refractivity contribution in [2.75, 3.05) is 0 Å². The fraction of sp³-hybridized carbons (Fsp3) is 0.0526. The molecule has 0 radical (unpaired) electrons. The summed E-state index contributed by atoms with van der Waals surface area (Å²) in [6.07, 6.45) is 3.69. The van der Waals surface area contributed by atoms with E-state index in [1.54, 1.807) is 6.08 Å². The van der Waals surface area contributed by atoms with Crippen molar-refractivity contribution in [3.8, 4) is 5.75 Å². The molecule has 0 saturated heterocycles. The minimum Gasteiger partial charge on any atom is -0.487 e. The van der Waals surface area contributed by atoms with E-state index < -0.39 is 0 Å². The van der Waals surface area contributed by atoms with Crippen LogP contribution >= 0.6 is 12.4 Å². The molecule has 0 aliphatic carbocycles. The van der Waals surface area contributed by atoms with Crippen LogP contribution in [0.25, 0.3) is 23.1 Å². The Morgan fingerprint density at radius 1 is 0.962 bits per heavy atom. The van der Waals surface area contributed by atoms with Crippen molar-refractivity contribution in [3.05, 3.63) is 77.7 Å². The number of aromatic nitrogens is 5. The van der Waals surface area contributed by atoms with Crippen LogP contribution < -0.4 is 4.74 Å². The summed E-state index contributed by atoms with van der Waals surface area (Å²) >= 11 is 0. The molecule has 0 aliphatic heterocycles. The monoisotopic (exact) mass is 365 g/mol. The first-order valence-corrected chi connectivity index (χ1v) is 7.86. The molecule has 6 nitrogen and oxygen atoms in total. The lowest BCUT2D eigenvalue weighted by molar-refractivity contribution is 0.302. The van der Waals surface area contributed by atoms with E-state index >= 15 is 0 Å². The molecule has 1 N–H and O–H groups in total. The molecule has 2 aromatic heterocycles. The average Bonchev–Trinajstić information content (AvgIpc) is 3.19. The van der Waals surface area contributed by atoms with Gasteiger partial charge in [0, 0.05) is 5.39 Å². The first-order valence-electron chi connectivity index (χ1n) is 7.86. The van der Waals surface area contributed by atoms with Crippen molar-refractivity contribution in [2.45, 2.75) is 6.61 Å². The molecule has 0 bridgehead atoms. The van der Waals surface area contributed by atoms with Gasteiger partial charge < -0.3 is 4.74 Å². The summed E-state index contributed by atoms with van der Waals surface area (Å²) in [6, 6.07) is 19.9. The van der Waals surface area contributed by atoms with Crippen molar-refractivity contribution in [3.63, 3.8) is 0 Å². The maximum atomic E-state index is 5.87. The van der Waals surface area contributed by atoms with Gasteiger partial charge in [0.05, 0.1) is 11.2 Å². The highest BCUT2D eigenvalue weighted by Gasteiger charge is 2.01. The number of aromatic amines is 1. The largest absolute Gasteiger partial charge is 0.487 e. The van der Waals surface area contributed by atoms with Gasteiger partial charge in [0.2, 0.25) is 0 Å². The first-order chi connectivity index (χ1) is 12.4. The Morgan fingerprint density at radius 2 is 1.88 bits per heavy atom. The summed E-state index contributed by atoms with van der Waals surface area (Å²) in [6.45, 7) is 0.419. The fourth-order valence-electron chi connectivity index (χ4n) is 2.46. The summed E-state index contributed by atoms with van der Waals surface area (Å²) in [5.41, 5.74) is 2.86. The van der Waals surface area contributed by atoms with Gasteiger partial charge in [-0.3, -0.25) is 0 Å². The maximum absolute atomic E-state index is 5.87. The van der Waals surface area contributed by atoms with Crippen LogP contribution in [0.1, 0.15) is 17.1 Å². The Hall–Kier alpha value is -3.25. The number of hydrogen-bond donors (Lipinski definition) is 1. The van der Waals surface area contributed by atoms with Crippen LogP contribution in [0.15, 0.2) is 60.7 Å². The normalized spacial score (nSPS) is 10.8. The maximum Gasteiger partial charge on any atom is 0.197 e. The predicted molar refractivity (Wildman–Crippen MR) is 103 cm³/mol. The Morgan fingerprint density at radius 3 is 2.77 bits per heavy atom. The summed E-state index contributed by atoms with van der Waals surface area (Å²) in [7, 11) is 0. The Labute approximate surface area is 156 Å². The van der Waals surface area contributed by atoms with Crippen molar-refractivity contribution in [2.24, 2.45) is 0 Å². The predicted octanol–water partition coefficient (Wildman–Crippen LogP) is 3.92.